The van der Waals surface area contributed by atoms with Gasteiger partial charge in [-0.15, -0.1) is 0 Å². The van der Waals surface area contributed by atoms with E-state index in [-0.39, 0.29) is 6.54 Å². The highest BCUT2D eigenvalue weighted by molar-refractivity contribution is 5.73. The van der Waals surface area contributed by atoms with E-state index in [2.05, 4.69) is 20.2 Å². The Morgan fingerprint density at radius 2 is 2.08 bits per heavy atom. The molecule has 0 aromatic carbocycles. The van der Waals surface area contributed by atoms with Gasteiger partial charge in [-0.05, 0) is 36.8 Å². The summed E-state index contributed by atoms with van der Waals surface area (Å²) in [5.41, 5.74) is 1.49. The maximum Gasteiger partial charge on any atom is 0.405 e. The quantitative estimate of drug-likeness (QED) is 0.802. The maximum atomic E-state index is 10.6. The lowest BCUT2D eigenvalue weighted by atomic mass is 9.73. The molecule has 24 heavy (non-hydrogen) atoms. The van der Waals surface area contributed by atoms with E-state index in [1.54, 1.807) is 0 Å². The van der Waals surface area contributed by atoms with Crippen molar-refractivity contribution in [3.05, 3.63) is 18.0 Å². The molecule has 2 fully saturated rings. The van der Waals surface area contributed by atoms with Crippen LogP contribution in [0, 0.1) is 11.8 Å². The van der Waals surface area contributed by atoms with Crippen LogP contribution in [0.1, 0.15) is 37.9 Å². The first-order valence-electron chi connectivity index (χ1n) is 8.76. The largest absolute Gasteiger partial charge is 0.465 e. The van der Waals surface area contributed by atoms with Crippen LogP contribution in [0.25, 0.3) is 11.2 Å². The third-order valence-electron chi connectivity index (χ3n) is 5.39. The Balaban J connectivity index is 1.50. The number of H-pyrrole nitrogens is 1. The second-order valence-electron chi connectivity index (χ2n) is 6.92. The summed E-state index contributed by atoms with van der Waals surface area (Å²) in [6.45, 7) is 2.31. The average Bonchev–Trinajstić information content (AvgIpc) is 2.93. The number of aromatic amines is 1. The van der Waals surface area contributed by atoms with E-state index < -0.39 is 6.09 Å². The zero-order valence-electron chi connectivity index (χ0n) is 13.7. The smallest absolute Gasteiger partial charge is 0.405 e. The number of anilines is 1. The van der Waals surface area contributed by atoms with E-state index in [9.17, 15) is 4.79 Å². The lowest BCUT2D eigenvalue weighted by Crippen LogP contribution is -2.40. The molecule has 1 amide bonds. The van der Waals surface area contributed by atoms with Crippen molar-refractivity contribution < 1.29 is 9.90 Å². The second-order valence-corrected chi connectivity index (χ2v) is 6.92. The van der Waals surface area contributed by atoms with Gasteiger partial charge in [0, 0.05) is 13.1 Å². The van der Waals surface area contributed by atoms with Gasteiger partial charge in [0.1, 0.15) is 11.6 Å². The van der Waals surface area contributed by atoms with Crippen LogP contribution in [-0.2, 0) is 6.54 Å². The number of aromatic nitrogens is 3. The topological polar surface area (TPSA) is 94.1 Å². The van der Waals surface area contributed by atoms with Crippen LogP contribution in [0.5, 0.6) is 0 Å². The number of fused-ring (bicyclic) bond motifs is 1. The number of nitrogens with zero attached hydrogens (tertiary/aromatic N) is 3. The van der Waals surface area contributed by atoms with Gasteiger partial charge in [-0.3, -0.25) is 0 Å². The Labute approximate surface area is 140 Å². The zero-order valence-corrected chi connectivity index (χ0v) is 13.7. The molecular weight excluding hydrogens is 306 g/mol. The molecule has 2 aromatic heterocycles. The van der Waals surface area contributed by atoms with Crippen LogP contribution in [0.2, 0.25) is 0 Å². The number of piperidine rings is 1. The van der Waals surface area contributed by atoms with Crippen molar-refractivity contribution in [2.75, 3.05) is 18.0 Å². The number of amides is 1. The van der Waals surface area contributed by atoms with E-state index in [0.29, 0.717) is 11.5 Å². The Morgan fingerprint density at radius 1 is 1.25 bits per heavy atom. The molecule has 3 N–H and O–H groups in total. The normalized spacial score (nSPS) is 21.7. The monoisotopic (exact) mass is 329 g/mol. The Hall–Kier alpha value is -2.31. The maximum absolute atomic E-state index is 10.6. The van der Waals surface area contributed by atoms with E-state index in [1.807, 2.05) is 12.1 Å². The van der Waals surface area contributed by atoms with Gasteiger partial charge in [0.05, 0.1) is 12.1 Å². The molecule has 1 atom stereocenters. The molecule has 0 radical (unpaired) electrons. The van der Waals surface area contributed by atoms with E-state index >= 15 is 0 Å². The number of rotatable bonds is 4. The molecule has 3 heterocycles. The Bertz CT molecular complexity index is 740. The van der Waals surface area contributed by atoms with Crippen molar-refractivity contribution in [3.63, 3.8) is 0 Å². The summed E-state index contributed by atoms with van der Waals surface area (Å²) in [6, 6.07) is 4.03. The van der Waals surface area contributed by atoms with Gasteiger partial charge in [-0.25, -0.2) is 14.8 Å². The molecule has 1 unspecified atom stereocenters. The standard InChI is InChI=1S/C17H23N5O2/c23-17(24)18-9-14-19-13-6-7-15(21-16(13)20-14)22-8-2-5-12(10-22)11-3-1-4-11/h6-7,11-12,18H,1-5,8-10H2,(H,23,24)(H,19,20,21). The molecule has 1 aliphatic heterocycles. The lowest BCUT2D eigenvalue weighted by Gasteiger charge is -2.41. The number of hydrogen-bond acceptors (Lipinski definition) is 4. The zero-order chi connectivity index (χ0) is 16.5. The fraction of sp³-hybridized carbons (Fsp3) is 0.588. The third kappa shape index (κ3) is 3.02. The van der Waals surface area contributed by atoms with Crippen LogP contribution in [0.3, 0.4) is 0 Å². The number of imidazole rings is 1. The fourth-order valence-corrected chi connectivity index (χ4v) is 3.87. The number of hydrogen-bond donors (Lipinski definition) is 3. The molecule has 0 bridgehead atoms. The first-order chi connectivity index (χ1) is 11.7. The van der Waals surface area contributed by atoms with Gasteiger partial charge in [0.2, 0.25) is 0 Å². The molecule has 2 aromatic rings. The minimum absolute atomic E-state index is 0.161. The molecule has 128 valence electrons. The Kier molecular flexibility index (Phi) is 4.00. The predicted molar refractivity (Wildman–Crippen MR) is 91.0 cm³/mol. The molecule has 1 aliphatic carbocycles. The molecule has 4 rings (SSSR count). The molecule has 2 aliphatic rings. The average molecular weight is 329 g/mol. The van der Waals surface area contributed by atoms with Crippen molar-refractivity contribution in [1.82, 2.24) is 20.3 Å². The first-order valence-corrected chi connectivity index (χ1v) is 8.76. The molecule has 7 nitrogen and oxygen atoms in total. The summed E-state index contributed by atoms with van der Waals surface area (Å²) >= 11 is 0. The lowest BCUT2D eigenvalue weighted by molar-refractivity contribution is 0.183. The van der Waals surface area contributed by atoms with Gasteiger partial charge < -0.3 is 20.3 Å². The highest BCUT2D eigenvalue weighted by Crippen LogP contribution is 2.38. The summed E-state index contributed by atoms with van der Waals surface area (Å²) in [5, 5.41) is 11.0. The Morgan fingerprint density at radius 3 is 2.83 bits per heavy atom. The van der Waals surface area contributed by atoms with Crippen LogP contribution >= 0.6 is 0 Å². The number of nitrogens with one attached hydrogen (secondary N) is 2. The SMILES string of the molecule is O=C(O)NCc1nc2nc(N3CCCC(C4CCC4)C3)ccc2[nH]1. The van der Waals surface area contributed by atoms with Crippen LogP contribution in [-0.4, -0.2) is 39.2 Å². The summed E-state index contributed by atoms with van der Waals surface area (Å²) in [6.07, 6.45) is 5.70. The highest BCUT2D eigenvalue weighted by Gasteiger charge is 2.31. The molecular formula is C17H23N5O2. The minimum atomic E-state index is -1.06. The van der Waals surface area contributed by atoms with Crippen molar-refractivity contribution in [1.29, 1.82) is 0 Å². The van der Waals surface area contributed by atoms with E-state index in [0.717, 1.165) is 36.3 Å². The third-order valence-corrected chi connectivity index (χ3v) is 5.39. The highest BCUT2D eigenvalue weighted by atomic mass is 16.4. The van der Waals surface area contributed by atoms with Gasteiger partial charge in [0.25, 0.3) is 0 Å². The molecule has 0 spiro atoms. The number of carbonyl (C=O) groups is 1. The predicted octanol–water partition coefficient (Wildman–Crippen LogP) is 2.74. The van der Waals surface area contributed by atoms with Crippen molar-refractivity contribution in [2.45, 2.75) is 38.6 Å². The summed E-state index contributed by atoms with van der Waals surface area (Å²) in [5.74, 6) is 3.29. The summed E-state index contributed by atoms with van der Waals surface area (Å²) in [7, 11) is 0. The first kappa shape index (κ1) is 15.2. The van der Waals surface area contributed by atoms with Gasteiger partial charge in [-0.2, -0.15) is 0 Å². The minimum Gasteiger partial charge on any atom is -0.465 e. The molecule has 7 heteroatoms. The molecule has 1 saturated carbocycles. The van der Waals surface area contributed by atoms with E-state index in [1.165, 1.54) is 32.1 Å². The van der Waals surface area contributed by atoms with Crippen molar-refractivity contribution in [2.24, 2.45) is 11.8 Å². The van der Waals surface area contributed by atoms with E-state index in [4.69, 9.17) is 10.1 Å². The van der Waals surface area contributed by atoms with Crippen LogP contribution in [0.4, 0.5) is 10.6 Å². The van der Waals surface area contributed by atoms with Crippen LogP contribution in [0.15, 0.2) is 12.1 Å². The van der Waals surface area contributed by atoms with Crippen LogP contribution < -0.4 is 10.2 Å². The number of carboxylic acid groups (broad SMARTS) is 1. The van der Waals surface area contributed by atoms with Gasteiger partial charge >= 0.3 is 6.09 Å². The summed E-state index contributed by atoms with van der Waals surface area (Å²) in [4.78, 5) is 25.2. The fourth-order valence-electron chi connectivity index (χ4n) is 3.87. The molecule has 1 saturated heterocycles. The van der Waals surface area contributed by atoms with Gasteiger partial charge in [-0.1, -0.05) is 19.3 Å². The van der Waals surface area contributed by atoms with Gasteiger partial charge in [0.15, 0.2) is 5.65 Å². The second kappa shape index (κ2) is 6.30. The summed E-state index contributed by atoms with van der Waals surface area (Å²) < 4.78 is 0. The number of pyridine rings is 1. The van der Waals surface area contributed by atoms with Crippen molar-refractivity contribution >= 4 is 23.1 Å². The van der Waals surface area contributed by atoms with Crippen molar-refractivity contribution in [3.8, 4) is 0 Å².